The number of hydrogen-bond donors (Lipinski definition) is 1. The maximum Gasteiger partial charge on any atom is 0.293 e. The molecule has 31 heavy (non-hydrogen) atoms. The van der Waals surface area contributed by atoms with Crippen LogP contribution in [0.25, 0.3) is 0 Å². The quantitative estimate of drug-likeness (QED) is 0.474. The molecule has 0 aliphatic carbocycles. The predicted molar refractivity (Wildman–Crippen MR) is 119 cm³/mol. The van der Waals surface area contributed by atoms with Crippen molar-refractivity contribution in [3.8, 4) is 0 Å². The minimum absolute atomic E-state index is 0.0332. The average molecular weight is 419 g/mol. The number of anilines is 2. The molecule has 2 aromatic carbocycles. The van der Waals surface area contributed by atoms with Gasteiger partial charge in [-0.25, -0.2) is 0 Å². The number of amides is 1. The van der Waals surface area contributed by atoms with Gasteiger partial charge in [-0.15, -0.1) is 0 Å². The first-order chi connectivity index (χ1) is 15.0. The van der Waals surface area contributed by atoms with Crippen LogP contribution in [0.3, 0.4) is 0 Å². The molecule has 1 saturated heterocycles. The van der Waals surface area contributed by atoms with Gasteiger partial charge in [-0.05, 0) is 54.7 Å². The number of piperidine rings is 1. The number of hydrogen-bond acceptors (Lipinski definition) is 5. The molecule has 0 spiro atoms. The fourth-order valence-corrected chi connectivity index (χ4v) is 4.02. The molecular weight excluding hydrogens is 394 g/mol. The topological polar surface area (TPSA) is 93.3 Å². The highest BCUT2D eigenvalue weighted by Crippen LogP contribution is 2.32. The van der Waals surface area contributed by atoms with Crippen LogP contribution in [-0.2, 0) is 6.54 Å². The minimum atomic E-state index is -0.407. The van der Waals surface area contributed by atoms with E-state index in [1.165, 1.54) is 6.07 Å². The van der Waals surface area contributed by atoms with Gasteiger partial charge in [-0.2, -0.15) is 5.10 Å². The Morgan fingerprint density at radius 3 is 2.87 bits per heavy atom. The van der Waals surface area contributed by atoms with E-state index < -0.39 is 4.92 Å². The summed E-state index contributed by atoms with van der Waals surface area (Å²) < 4.78 is 1.80. The van der Waals surface area contributed by atoms with Crippen LogP contribution in [0.5, 0.6) is 0 Å². The molecule has 1 aliphatic rings. The lowest BCUT2D eigenvalue weighted by atomic mass is 9.99. The highest BCUT2D eigenvalue weighted by molar-refractivity contribution is 6.05. The summed E-state index contributed by atoms with van der Waals surface area (Å²) >= 11 is 0. The molecule has 1 amide bonds. The average Bonchev–Trinajstić information content (AvgIpc) is 3.26. The highest BCUT2D eigenvalue weighted by atomic mass is 16.6. The summed E-state index contributed by atoms with van der Waals surface area (Å²) in [6.07, 6.45) is 5.72. The van der Waals surface area contributed by atoms with E-state index in [0.29, 0.717) is 23.8 Å². The van der Waals surface area contributed by atoms with E-state index in [-0.39, 0.29) is 17.2 Å². The lowest BCUT2D eigenvalue weighted by Gasteiger charge is -2.32. The third kappa shape index (κ3) is 4.91. The number of nitrogens with one attached hydrogen (secondary N) is 1. The Balaban J connectivity index is 1.52. The summed E-state index contributed by atoms with van der Waals surface area (Å²) in [6, 6.07) is 14.1. The van der Waals surface area contributed by atoms with E-state index in [1.54, 1.807) is 29.1 Å². The molecule has 0 saturated carbocycles. The zero-order chi connectivity index (χ0) is 21.8. The third-order valence-corrected chi connectivity index (χ3v) is 5.52. The van der Waals surface area contributed by atoms with Crippen molar-refractivity contribution in [2.75, 3.05) is 23.3 Å². The summed E-state index contributed by atoms with van der Waals surface area (Å²) in [4.78, 5) is 26.1. The summed E-state index contributed by atoms with van der Waals surface area (Å²) in [7, 11) is 0. The van der Waals surface area contributed by atoms with Crippen LogP contribution in [0.15, 0.2) is 60.9 Å². The van der Waals surface area contributed by atoms with Gasteiger partial charge in [-0.3, -0.25) is 19.6 Å². The molecule has 4 rings (SSSR count). The van der Waals surface area contributed by atoms with E-state index in [0.717, 1.165) is 31.5 Å². The molecule has 8 nitrogen and oxygen atoms in total. The van der Waals surface area contributed by atoms with Gasteiger partial charge in [0.05, 0.1) is 11.5 Å². The zero-order valence-corrected chi connectivity index (χ0v) is 17.4. The number of rotatable bonds is 6. The lowest BCUT2D eigenvalue weighted by molar-refractivity contribution is -0.384. The Morgan fingerprint density at radius 2 is 2.13 bits per heavy atom. The molecule has 1 fully saturated rings. The van der Waals surface area contributed by atoms with E-state index in [1.807, 2.05) is 35.4 Å². The molecule has 0 bridgehead atoms. The molecule has 160 valence electrons. The molecule has 1 aliphatic heterocycles. The van der Waals surface area contributed by atoms with Gasteiger partial charge in [0.1, 0.15) is 5.69 Å². The predicted octanol–water partition coefficient (Wildman–Crippen LogP) is 4.33. The van der Waals surface area contributed by atoms with Crippen molar-refractivity contribution in [3.05, 3.63) is 82.2 Å². The van der Waals surface area contributed by atoms with Crippen LogP contribution in [0.2, 0.25) is 0 Å². The minimum Gasteiger partial charge on any atom is -0.366 e. The number of nitrogens with zero attached hydrogens (tertiary/aromatic N) is 4. The molecule has 2 heterocycles. The standard InChI is InChI=1S/C23H25N5O3/c1-17-5-3-11-26(15-17)21-9-8-19(14-22(21)28(30)31)23(29)25-20-7-2-6-18(13-20)16-27-12-4-10-24-27/h2,4,6-10,12-14,17H,3,5,11,15-16H2,1H3,(H,25,29). The molecular formula is C23H25N5O3. The van der Waals surface area contributed by atoms with E-state index in [9.17, 15) is 14.9 Å². The van der Waals surface area contributed by atoms with Gasteiger partial charge in [0, 0.05) is 42.8 Å². The van der Waals surface area contributed by atoms with Crippen molar-refractivity contribution in [2.24, 2.45) is 5.92 Å². The first kappa shape index (κ1) is 20.6. The number of nitro groups is 1. The maximum absolute atomic E-state index is 12.8. The second-order valence-electron chi connectivity index (χ2n) is 8.01. The number of nitro benzene ring substituents is 1. The van der Waals surface area contributed by atoms with Crippen LogP contribution in [-0.4, -0.2) is 33.7 Å². The SMILES string of the molecule is CC1CCCN(c2ccc(C(=O)Nc3cccc(Cn4cccn4)c3)cc2[N+](=O)[O-])C1. The molecule has 3 aromatic rings. The van der Waals surface area contributed by atoms with Crippen LogP contribution in [0.1, 0.15) is 35.7 Å². The molecule has 1 aromatic heterocycles. The summed E-state index contributed by atoms with van der Waals surface area (Å²) in [5.41, 5.74) is 2.43. The van der Waals surface area contributed by atoms with E-state index in [2.05, 4.69) is 17.3 Å². The number of aromatic nitrogens is 2. The highest BCUT2D eigenvalue weighted by Gasteiger charge is 2.25. The Kier molecular flexibility index (Phi) is 5.97. The monoisotopic (exact) mass is 419 g/mol. The normalized spacial score (nSPS) is 16.2. The van der Waals surface area contributed by atoms with Crippen molar-refractivity contribution in [3.63, 3.8) is 0 Å². The Morgan fingerprint density at radius 1 is 1.26 bits per heavy atom. The maximum atomic E-state index is 12.8. The molecule has 1 N–H and O–H groups in total. The van der Waals surface area contributed by atoms with Gasteiger partial charge in [0.15, 0.2) is 0 Å². The second-order valence-corrected chi connectivity index (χ2v) is 8.01. The third-order valence-electron chi connectivity index (χ3n) is 5.52. The van der Waals surface area contributed by atoms with Crippen LogP contribution < -0.4 is 10.2 Å². The zero-order valence-electron chi connectivity index (χ0n) is 17.4. The first-order valence-electron chi connectivity index (χ1n) is 10.4. The fraction of sp³-hybridized carbons (Fsp3) is 0.304. The largest absolute Gasteiger partial charge is 0.366 e. The van der Waals surface area contributed by atoms with Gasteiger partial charge in [0.25, 0.3) is 11.6 Å². The van der Waals surface area contributed by atoms with Crippen molar-refractivity contribution in [1.29, 1.82) is 0 Å². The molecule has 8 heteroatoms. The number of benzene rings is 2. The number of carbonyl (C=O) groups excluding carboxylic acids is 1. The Hall–Kier alpha value is -3.68. The first-order valence-corrected chi connectivity index (χ1v) is 10.4. The summed E-state index contributed by atoms with van der Waals surface area (Å²) in [6.45, 7) is 4.32. The van der Waals surface area contributed by atoms with Crippen molar-refractivity contribution in [2.45, 2.75) is 26.3 Å². The lowest BCUT2D eigenvalue weighted by Crippen LogP contribution is -2.34. The second kappa shape index (κ2) is 8.99. The Bertz CT molecular complexity index is 1080. The van der Waals surface area contributed by atoms with Crippen LogP contribution >= 0.6 is 0 Å². The number of carbonyl (C=O) groups is 1. The summed E-state index contributed by atoms with van der Waals surface area (Å²) in [5.74, 6) is 0.114. The molecule has 1 atom stereocenters. The Labute approximate surface area is 180 Å². The van der Waals surface area contributed by atoms with Crippen molar-refractivity contribution < 1.29 is 9.72 Å². The fourth-order valence-electron chi connectivity index (χ4n) is 4.02. The molecule has 1 unspecified atom stereocenters. The van der Waals surface area contributed by atoms with Crippen LogP contribution in [0, 0.1) is 16.0 Å². The van der Waals surface area contributed by atoms with Gasteiger partial charge in [0.2, 0.25) is 0 Å². The van der Waals surface area contributed by atoms with Gasteiger partial charge in [-0.1, -0.05) is 19.1 Å². The van der Waals surface area contributed by atoms with Crippen molar-refractivity contribution >= 4 is 23.0 Å². The van der Waals surface area contributed by atoms with E-state index >= 15 is 0 Å². The van der Waals surface area contributed by atoms with E-state index in [4.69, 9.17) is 0 Å². The van der Waals surface area contributed by atoms with Crippen LogP contribution in [0.4, 0.5) is 17.1 Å². The summed E-state index contributed by atoms with van der Waals surface area (Å²) in [5, 5.41) is 18.7. The molecule has 0 radical (unpaired) electrons. The van der Waals surface area contributed by atoms with Gasteiger partial charge < -0.3 is 10.2 Å². The smallest absolute Gasteiger partial charge is 0.293 e. The van der Waals surface area contributed by atoms with Gasteiger partial charge >= 0.3 is 0 Å². The van der Waals surface area contributed by atoms with Crippen molar-refractivity contribution in [1.82, 2.24) is 9.78 Å².